The van der Waals surface area contributed by atoms with Crippen LogP contribution in [0.25, 0.3) is 0 Å². The summed E-state index contributed by atoms with van der Waals surface area (Å²) >= 11 is 0. The molecule has 0 atom stereocenters. The first-order chi connectivity index (χ1) is 8.74. The van der Waals surface area contributed by atoms with Gasteiger partial charge in [0.15, 0.2) is 5.82 Å². The fraction of sp³-hybridized carbons (Fsp3) is 0.308. The zero-order valence-corrected chi connectivity index (χ0v) is 10.2. The Morgan fingerprint density at radius 2 is 2.22 bits per heavy atom. The maximum Gasteiger partial charge on any atom is 0.223 e. The fourth-order valence-electron chi connectivity index (χ4n) is 2.21. The first kappa shape index (κ1) is 11.0. The summed E-state index contributed by atoms with van der Waals surface area (Å²) in [6.07, 6.45) is 0.702. The highest BCUT2D eigenvalue weighted by Crippen LogP contribution is 2.22. The van der Waals surface area contributed by atoms with Crippen LogP contribution in [-0.4, -0.2) is 27.4 Å². The van der Waals surface area contributed by atoms with E-state index in [9.17, 15) is 0 Å². The van der Waals surface area contributed by atoms with Crippen molar-refractivity contribution in [2.24, 2.45) is 0 Å². The lowest BCUT2D eigenvalue weighted by molar-refractivity contribution is 0.380. The Morgan fingerprint density at radius 1 is 1.39 bits per heavy atom. The molecule has 92 valence electrons. The minimum Gasteiger partial charge on any atom is -0.352 e. The van der Waals surface area contributed by atoms with Gasteiger partial charge in [-0.2, -0.15) is 4.98 Å². The Balaban J connectivity index is 1.68. The summed E-state index contributed by atoms with van der Waals surface area (Å²) in [5.74, 6) is 1.88. The van der Waals surface area contributed by atoms with Crippen molar-refractivity contribution in [1.29, 1.82) is 5.41 Å². The van der Waals surface area contributed by atoms with E-state index in [-0.39, 0.29) is 0 Å². The molecule has 2 heterocycles. The van der Waals surface area contributed by atoms with Crippen molar-refractivity contribution in [1.82, 2.24) is 15.0 Å². The fourth-order valence-corrected chi connectivity index (χ4v) is 2.21. The van der Waals surface area contributed by atoms with Gasteiger partial charge in [-0.05, 0) is 5.56 Å². The summed E-state index contributed by atoms with van der Waals surface area (Å²) in [6.45, 7) is 3.32. The quantitative estimate of drug-likeness (QED) is 0.890. The highest BCUT2D eigenvalue weighted by molar-refractivity contribution is 6.00. The average molecular weight is 242 g/mol. The molecule has 3 rings (SSSR count). The third-order valence-electron chi connectivity index (χ3n) is 3.12. The molecule has 18 heavy (non-hydrogen) atoms. The molecule has 0 radical (unpaired) electrons. The first-order valence-electron chi connectivity index (χ1n) is 5.95. The molecule has 0 unspecified atom stereocenters. The number of aryl methyl sites for hydroxylation is 1. The number of aromatic nitrogens is 2. The summed E-state index contributed by atoms with van der Waals surface area (Å²) in [7, 11) is 0. The molecule has 1 aromatic carbocycles. The van der Waals surface area contributed by atoms with Gasteiger partial charge in [0.1, 0.15) is 5.84 Å². The van der Waals surface area contributed by atoms with Crippen molar-refractivity contribution >= 4 is 5.84 Å². The molecule has 0 bridgehead atoms. The zero-order valence-electron chi connectivity index (χ0n) is 10.2. The van der Waals surface area contributed by atoms with Crippen LogP contribution >= 0.6 is 0 Å². The van der Waals surface area contributed by atoms with Gasteiger partial charge >= 0.3 is 0 Å². The number of hydrogen-bond donors (Lipinski definition) is 1. The molecule has 0 fully saturated rings. The van der Waals surface area contributed by atoms with E-state index >= 15 is 0 Å². The van der Waals surface area contributed by atoms with E-state index in [1.54, 1.807) is 6.92 Å². The van der Waals surface area contributed by atoms with Crippen molar-refractivity contribution in [2.75, 3.05) is 6.54 Å². The molecule has 0 aliphatic carbocycles. The molecule has 0 spiro atoms. The van der Waals surface area contributed by atoms with Gasteiger partial charge in [0.2, 0.25) is 5.89 Å². The molecule has 0 saturated carbocycles. The number of nitrogens with zero attached hydrogens (tertiary/aromatic N) is 3. The van der Waals surface area contributed by atoms with Crippen LogP contribution in [-0.2, 0) is 13.0 Å². The number of rotatable bonds is 3. The second-order valence-electron chi connectivity index (χ2n) is 4.41. The highest BCUT2D eigenvalue weighted by atomic mass is 16.5. The average Bonchev–Trinajstić information content (AvgIpc) is 2.92. The summed E-state index contributed by atoms with van der Waals surface area (Å²) < 4.78 is 4.94. The predicted molar refractivity (Wildman–Crippen MR) is 66.4 cm³/mol. The number of fused-ring (bicyclic) bond motifs is 1. The molecular weight excluding hydrogens is 228 g/mol. The summed E-state index contributed by atoms with van der Waals surface area (Å²) in [4.78, 5) is 6.21. The number of benzene rings is 1. The van der Waals surface area contributed by atoms with Crippen LogP contribution in [0.15, 0.2) is 28.8 Å². The van der Waals surface area contributed by atoms with E-state index in [1.165, 1.54) is 5.56 Å². The molecule has 1 aliphatic heterocycles. The smallest absolute Gasteiger partial charge is 0.223 e. The molecule has 5 nitrogen and oxygen atoms in total. The van der Waals surface area contributed by atoms with E-state index in [0.717, 1.165) is 18.7 Å². The van der Waals surface area contributed by atoms with Crippen LogP contribution in [0.2, 0.25) is 0 Å². The maximum atomic E-state index is 8.12. The van der Waals surface area contributed by atoms with Crippen molar-refractivity contribution in [3.8, 4) is 0 Å². The van der Waals surface area contributed by atoms with Gasteiger partial charge in [0.25, 0.3) is 0 Å². The van der Waals surface area contributed by atoms with Crippen LogP contribution in [0.5, 0.6) is 0 Å². The molecule has 1 N–H and O–H groups in total. The Kier molecular flexibility index (Phi) is 2.59. The minimum atomic E-state index is 0.588. The van der Waals surface area contributed by atoms with Gasteiger partial charge in [0.05, 0.1) is 0 Å². The van der Waals surface area contributed by atoms with Gasteiger partial charge in [-0.15, -0.1) is 0 Å². The van der Waals surface area contributed by atoms with E-state index < -0.39 is 0 Å². The molecule has 0 amide bonds. The SMILES string of the molecule is Cc1nc(CCN2Cc3ccccc3C2=N)no1. The predicted octanol–water partition coefficient (Wildman–Crippen LogP) is 1.76. The van der Waals surface area contributed by atoms with Crippen LogP contribution < -0.4 is 0 Å². The molecular formula is C13H14N4O. The largest absolute Gasteiger partial charge is 0.352 e. The molecule has 5 heteroatoms. The second-order valence-corrected chi connectivity index (χ2v) is 4.41. The number of nitrogens with one attached hydrogen (secondary N) is 1. The van der Waals surface area contributed by atoms with Gasteiger partial charge in [-0.3, -0.25) is 5.41 Å². The van der Waals surface area contributed by atoms with E-state index in [2.05, 4.69) is 16.2 Å². The van der Waals surface area contributed by atoms with Crippen molar-refractivity contribution in [3.05, 3.63) is 47.1 Å². The van der Waals surface area contributed by atoms with Crippen molar-refractivity contribution < 1.29 is 4.52 Å². The van der Waals surface area contributed by atoms with Crippen LogP contribution in [0.3, 0.4) is 0 Å². The summed E-state index contributed by atoms with van der Waals surface area (Å²) in [6, 6.07) is 8.05. The van der Waals surface area contributed by atoms with Crippen LogP contribution in [0.1, 0.15) is 22.8 Å². The van der Waals surface area contributed by atoms with Crippen LogP contribution in [0, 0.1) is 12.3 Å². The lowest BCUT2D eigenvalue weighted by Gasteiger charge is -2.16. The third-order valence-corrected chi connectivity index (χ3v) is 3.12. The zero-order chi connectivity index (χ0) is 12.5. The lowest BCUT2D eigenvalue weighted by Crippen LogP contribution is -2.26. The third kappa shape index (κ3) is 1.88. The van der Waals surface area contributed by atoms with Gasteiger partial charge in [-0.25, -0.2) is 0 Å². The van der Waals surface area contributed by atoms with E-state index in [4.69, 9.17) is 9.93 Å². The molecule has 1 aliphatic rings. The van der Waals surface area contributed by atoms with Gasteiger partial charge in [-0.1, -0.05) is 29.4 Å². The van der Waals surface area contributed by atoms with Gasteiger partial charge < -0.3 is 9.42 Å². The highest BCUT2D eigenvalue weighted by Gasteiger charge is 2.23. The molecule has 0 saturated heterocycles. The molecule has 2 aromatic rings. The minimum absolute atomic E-state index is 0.588. The summed E-state index contributed by atoms with van der Waals surface area (Å²) in [5.41, 5.74) is 2.24. The topological polar surface area (TPSA) is 66.0 Å². The first-order valence-corrected chi connectivity index (χ1v) is 5.95. The number of amidine groups is 1. The summed E-state index contributed by atoms with van der Waals surface area (Å²) in [5, 5.41) is 12.0. The molecule has 1 aromatic heterocycles. The normalized spacial score (nSPS) is 14.1. The Morgan fingerprint density at radius 3 is 2.94 bits per heavy atom. The maximum absolute atomic E-state index is 8.12. The van der Waals surface area contributed by atoms with Gasteiger partial charge in [0, 0.05) is 32.0 Å². The Bertz CT molecular complexity index is 590. The Labute approximate surface area is 105 Å². The monoisotopic (exact) mass is 242 g/mol. The number of hydrogen-bond acceptors (Lipinski definition) is 4. The van der Waals surface area contributed by atoms with E-state index in [0.29, 0.717) is 24.0 Å². The van der Waals surface area contributed by atoms with Crippen LogP contribution in [0.4, 0.5) is 0 Å². The second kappa shape index (κ2) is 4.25. The van der Waals surface area contributed by atoms with Crippen molar-refractivity contribution in [2.45, 2.75) is 19.9 Å². The van der Waals surface area contributed by atoms with E-state index in [1.807, 2.05) is 23.1 Å². The standard InChI is InChI=1S/C13H14N4O/c1-9-15-12(16-18-9)6-7-17-8-10-4-2-3-5-11(10)13(17)14/h2-5,14H,6-8H2,1H3. The Hall–Kier alpha value is -2.17. The van der Waals surface area contributed by atoms with Crippen molar-refractivity contribution in [3.63, 3.8) is 0 Å². The lowest BCUT2D eigenvalue weighted by atomic mass is 10.1.